The summed E-state index contributed by atoms with van der Waals surface area (Å²) in [7, 11) is 1.49. The number of ether oxygens (including phenoxy) is 5. The molecular formula is C23H24N4O7S. The van der Waals surface area contributed by atoms with Crippen LogP contribution in [0.15, 0.2) is 53.4 Å². The molecular weight excluding hydrogens is 476 g/mol. The Hall–Kier alpha value is -3.64. The summed E-state index contributed by atoms with van der Waals surface area (Å²) in [5.41, 5.74) is 7.10. The van der Waals surface area contributed by atoms with Crippen LogP contribution < -0.4 is 20.3 Å². The Kier molecular flexibility index (Phi) is 6.55. The second kappa shape index (κ2) is 9.92. The molecule has 0 bridgehead atoms. The van der Waals surface area contributed by atoms with Gasteiger partial charge >= 0.3 is 12.0 Å². The van der Waals surface area contributed by atoms with E-state index in [0.717, 1.165) is 5.56 Å². The highest BCUT2D eigenvalue weighted by molar-refractivity contribution is 8.00. The number of rotatable bonds is 6. The largest absolute Gasteiger partial charge is 0.493 e. The van der Waals surface area contributed by atoms with Crippen molar-refractivity contribution in [2.75, 3.05) is 43.2 Å². The number of aromatic nitrogens is 1. The fourth-order valence-electron chi connectivity index (χ4n) is 3.98. The number of nitrogens with two attached hydrogens (primary N) is 1. The number of carbonyl (C=O) groups is 2. The van der Waals surface area contributed by atoms with Crippen LogP contribution in [0.4, 0.5) is 16.3 Å². The standard InChI is InChI=1S/C23H24N4O7S/c1-30-15-11-25-19(26-7-9-31-10-8-26)18-17(15)27(23(24)29)20(35-18)22-33-13-16(34-22)21(28)32-12-14-5-3-2-4-6-14/h2-6,11,13,20,22H,7-10,12H2,1H3,(H2,24,29). The lowest BCUT2D eigenvalue weighted by molar-refractivity contribution is -0.146. The van der Waals surface area contributed by atoms with Gasteiger partial charge in [0, 0.05) is 13.1 Å². The van der Waals surface area contributed by atoms with E-state index < -0.39 is 23.7 Å². The zero-order chi connectivity index (χ0) is 24.4. The molecule has 5 rings (SSSR count). The summed E-state index contributed by atoms with van der Waals surface area (Å²) in [6, 6.07) is 8.57. The van der Waals surface area contributed by atoms with Crippen LogP contribution in [0, 0.1) is 0 Å². The van der Waals surface area contributed by atoms with E-state index >= 15 is 0 Å². The van der Waals surface area contributed by atoms with Gasteiger partial charge in [0.25, 0.3) is 6.29 Å². The summed E-state index contributed by atoms with van der Waals surface area (Å²) in [4.78, 5) is 33.8. The van der Waals surface area contributed by atoms with Crippen LogP contribution in [-0.4, -0.2) is 62.1 Å². The Morgan fingerprint density at radius 2 is 2.00 bits per heavy atom. The van der Waals surface area contributed by atoms with E-state index in [1.807, 2.05) is 30.3 Å². The number of morpholine rings is 1. The molecule has 2 unspecified atom stereocenters. The molecule has 12 heteroatoms. The number of methoxy groups -OCH3 is 1. The number of fused-ring (bicyclic) bond motifs is 1. The molecule has 0 radical (unpaired) electrons. The minimum absolute atomic E-state index is 0.0911. The summed E-state index contributed by atoms with van der Waals surface area (Å²) in [5, 5.41) is -0.726. The van der Waals surface area contributed by atoms with E-state index in [9.17, 15) is 9.59 Å². The Balaban J connectivity index is 1.34. The monoisotopic (exact) mass is 500 g/mol. The number of carbonyl (C=O) groups excluding carboxylic acids is 2. The smallest absolute Gasteiger partial charge is 0.377 e. The molecule has 1 aromatic carbocycles. The van der Waals surface area contributed by atoms with Crippen molar-refractivity contribution in [1.82, 2.24) is 4.98 Å². The predicted octanol–water partition coefficient (Wildman–Crippen LogP) is 2.20. The van der Waals surface area contributed by atoms with Gasteiger partial charge in [0.2, 0.25) is 5.76 Å². The molecule has 1 aromatic heterocycles. The van der Waals surface area contributed by atoms with Gasteiger partial charge in [-0.2, -0.15) is 0 Å². The Morgan fingerprint density at radius 3 is 2.71 bits per heavy atom. The van der Waals surface area contributed by atoms with Crippen molar-refractivity contribution in [3.05, 3.63) is 54.1 Å². The fraction of sp³-hybridized carbons (Fsp3) is 0.348. The van der Waals surface area contributed by atoms with Gasteiger partial charge < -0.3 is 34.3 Å². The molecule has 2 amide bonds. The topological polar surface area (TPSA) is 126 Å². The molecule has 35 heavy (non-hydrogen) atoms. The summed E-state index contributed by atoms with van der Waals surface area (Å²) >= 11 is 1.31. The van der Waals surface area contributed by atoms with Gasteiger partial charge in [-0.25, -0.2) is 14.6 Å². The molecule has 2 N–H and O–H groups in total. The number of thioether (sulfide) groups is 1. The minimum Gasteiger partial charge on any atom is -0.493 e. The molecule has 0 spiro atoms. The molecule has 2 atom stereocenters. The molecule has 184 valence electrons. The third-order valence-corrected chi connectivity index (χ3v) is 6.94. The zero-order valence-corrected chi connectivity index (χ0v) is 19.7. The Bertz CT molecular complexity index is 1140. The summed E-state index contributed by atoms with van der Waals surface area (Å²) in [6.07, 6.45) is 1.75. The van der Waals surface area contributed by atoms with E-state index in [4.69, 9.17) is 29.4 Å². The van der Waals surface area contributed by atoms with Gasteiger partial charge in [0.15, 0.2) is 11.1 Å². The van der Waals surface area contributed by atoms with Crippen molar-refractivity contribution in [3.63, 3.8) is 0 Å². The molecule has 2 aromatic rings. The van der Waals surface area contributed by atoms with E-state index in [1.54, 1.807) is 6.20 Å². The van der Waals surface area contributed by atoms with Crippen LogP contribution in [0.25, 0.3) is 0 Å². The first-order chi connectivity index (χ1) is 17.1. The van der Waals surface area contributed by atoms with Gasteiger partial charge in [0.05, 0.1) is 31.4 Å². The van der Waals surface area contributed by atoms with Crippen LogP contribution in [0.1, 0.15) is 5.56 Å². The first-order valence-corrected chi connectivity index (χ1v) is 11.8. The number of amides is 2. The van der Waals surface area contributed by atoms with Crippen molar-refractivity contribution in [1.29, 1.82) is 0 Å². The van der Waals surface area contributed by atoms with Gasteiger partial charge in [-0.3, -0.25) is 4.90 Å². The van der Waals surface area contributed by atoms with Crippen molar-refractivity contribution >= 4 is 35.3 Å². The maximum atomic E-state index is 12.6. The van der Waals surface area contributed by atoms with Crippen LogP contribution in [0.5, 0.6) is 5.75 Å². The van der Waals surface area contributed by atoms with Crippen LogP contribution in [0.3, 0.4) is 0 Å². The normalized spacial score (nSPS) is 21.0. The van der Waals surface area contributed by atoms with Gasteiger partial charge in [-0.1, -0.05) is 42.1 Å². The lowest BCUT2D eigenvalue weighted by Crippen LogP contribution is -2.46. The van der Waals surface area contributed by atoms with Gasteiger partial charge in [-0.05, 0) is 5.56 Å². The van der Waals surface area contributed by atoms with Crippen LogP contribution >= 0.6 is 11.8 Å². The molecule has 0 aliphatic carbocycles. The first-order valence-electron chi connectivity index (χ1n) is 10.9. The third kappa shape index (κ3) is 4.54. The number of esters is 1. The average molecular weight is 501 g/mol. The molecule has 4 heterocycles. The van der Waals surface area contributed by atoms with E-state index in [2.05, 4.69) is 9.88 Å². The van der Waals surface area contributed by atoms with Gasteiger partial charge in [0.1, 0.15) is 24.4 Å². The highest BCUT2D eigenvalue weighted by Crippen LogP contribution is 2.53. The number of anilines is 2. The zero-order valence-electron chi connectivity index (χ0n) is 18.9. The van der Waals surface area contributed by atoms with Crippen molar-refractivity contribution in [3.8, 4) is 5.75 Å². The number of pyridine rings is 1. The molecule has 1 fully saturated rings. The van der Waals surface area contributed by atoms with Crippen molar-refractivity contribution < 1.29 is 33.3 Å². The first kappa shape index (κ1) is 23.1. The minimum atomic E-state index is -0.999. The maximum absolute atomic E-state index is 12.6. The van der Waals surface area contributed by atoms with Gasteiger partial charge in [-0.15, -0.1) is 0 Å². The fourth-order valence-corrected chi connectivity index (χ4v) is 5.37. The molecule has 11 nitrogen and oxygen atoms in total. The number of hydrogen-bond donors (Lipinski definition) is 1. The maximum Gasteiger partial charge on any atom is 0.377 e. The number of hydrogen-bond acceptors (Lipinski definition) is 10. The Labute approximate surface area is 205 Å². The van der Waals surface area contributed by atoms with E-state index in [1.165, 1.54) is 30.0 Å². The molecule has 3 aliphatic heterocycles. The third-order valence-electron chi connectivity index (χ3n) is 5.66. The average Bonchev–Trinajstić information content (AvgIpc) is 3.53. The number of nitrogens with zero attached hydrogens (tertiary/aromatic N) is 3. The van der Waals surface area contributed by atoms with E-state index in [-0.39, 0.29) is 12.4 Å². The number of urea groups is 1. The summed E-state index contributed by atoms with van der Waals surface area (Å²) < 4.78 is 27.7. The second-order valence-electron chi connectivity index (χ2n) is 7.81. The lowest BCUT2D eigenvalue weighted by Gasteiger charge is -2.29. The second-order valence-corrected chi connectivity index (χ2v) is 8.94. The SMILES string of the molecule is COc1cnc(N2CCOCC2)c2c1N(C(N)=O)C(C1OC=C(C(=O)OCc3ccccc3)O1)S2. The van der Waals surface area contributed by atoms with Crippen LogP contribution in [0.2, 0.25) is 0 Å². The molecule has 3 aliphatic rings. The quantitative estimate of drug-likeness (QED) is 0.590. The summed E-state index contributed by atoms with van der Waals surface area (Å²) in [6.45, 7) is 2.55. The van der Waals surface area contributed by atoms with Crippen LogP contribution in [-0.2, 0) is 30.3 Å². The predicted molar refractivity (Wildman–Crippen MR) is 126 cm³/mol. The number of benzene rings is 1. The number of primary amides is 1. The lowest BCUT2D eigenvalue weighted by atomic mass is 10.2. The highest BCUT2D eigenvalue weighted by atomic mass is 32.2. The molecule has 0 saturated carbocycles. The highest BCUT2D eigenvalue weighted by Gasteiger charge is 2.47. The summed E-state index contributed by atoms with van der Waals surface area (Å²) in [5.74, 6) is 0.316. The van der Waals surface area contributed by atoms with Crippen molar-refractivity contribution in [2.24, 2.45) is 5.73 Å². The van der Waals surface area contributed by atoms with Crippen molar-refractivity contribution in [2.45, 2.75) is 23.2 Å². The molecule has 1 saturated heterocycles. The van der Waals surface area contributed by atoms with E-state index in [0.29, 0.717) is 48.5 Å². The Morgan fingerprint density at radius 1 is 1.23 bits per heavy atom.